The van der Waals surface area contributed by atoms with E-state index in [4.69, 9.17) is 9.84 Å². The Morgan fingerprint density at radius 3 is 2.13 bits per heavy atom. The molecule has 31 heavy (non-hydrogen) atoms. The molecule has 0 unspecified atom stereocenters. The highest BCUT2D eigenvalue weighted by atomic mass is 16.5. The van der Waals surface area contributed by atoms with Crippen LogP contribution in [0.3, 0.4) is 0 Å². The van der Waals surface area contributed by atoms with E-state index in [1.165, 1.54) is 0 Å². The standard InChI is InChI=1S/C24H28N2O5/c1-15(12-21(27)28)26-22(29)24(2,3)14-25-23(30)31-13-20-18-10-6-4-8-16(18)17-9-5-7-11-19(17)20/h4-11,15,20H,12-14H2,1-3H3,(H,25,30)(H,26,29)(H,27,28)/t15-/m0/s1. The fourth-order valence-corrected chi connectivity index (χ4v) is 3.75. The summed E-state index contributed by atoms with van der Waals surface area (Å²) in [6.07, 6.45) is -0.761. The van der Waals surface area contributed by atoms with Crippen molar-refractivity contribution in [3.05, 3.63) is 59.7 Å². The number of carboxylic acids is 1. The third-order valence-corrected chi connectivity index (χ3v) is 5.49. The molecular formula is C24H28N2O5. The van der Waals surface area contributed by atoms with Gasteiger partial charge in [-0.25, -0.2) is 4.79 Å². The number of carbonyl (C=O) groups is 3. The molecule has 1 aliphatic rings. The maximum absolute atomic E-state index is 12.4. The number of nitrogens with one attached hydrogen (secondary N) is 2. The van der Waals surface area contributed by atoms with Crippen molar-refractivity contribution in [2.75, 3.05) is 13.2 Å². The normalized spacial score (nSPS) is 13.6. The molecule has 7 heteroatoms. The summed E-state index contributed by atoms with van der Waals surface area (Å²) in [4.78, 5) is 35.5. The first kappa shape index (κ1) is 22.3. The smallest absolute Gasteiger partial charge is 0.407 e. The van der Waals surface area contributed by atoms with Crippen molar-refractivity contribution >= 4 is 18.0 Å². The Bertz CT molecular complexity index is 940. The van der Waals surface area contributed by atoms with Crippen LogP contribution in [0.2, 0.25) is 0 Å². The molecule has 0 radical (unpaired) electrons. The van der Waals surface area contributed by atoms with Crippen LogP contribution in [0.25, 0.3) is 11.1 Å². The average molecular weight is 424 g/mol. The fraction of sp³-hybridized carbons (Fsp3) is 0.375. The molecule has 164 valence electrons. The molecule has 0 heterocycles. The molecule has 0 saturated heterocycles. The second-order valence-electron chi connectivity index (χ2n) is 8.54. The Hall–Kier alpha value is -3.35. The first-order valence-corrected chi connectivity index (χ1v) is 10.3. The molecule has 1 aliphatic carbocycles. The average Bonchev–Trinajstić information content (AvgIpc) is 3.04. The summed E-state index contributed by atoms with van der Waals surface area (Å²) < 4.78 is 5.49. The van der Waals surface area contributed by atoms with Gasteiger partial charge in [-0.1, -0.05) is 48.5 Å². The van der Waals surface area contributed by atoms with Gasteiger partial charge in [0.25, 0.3) is 0 Å². The quantitative estimate of drug-likeness (QED) is 0.601. The SMILES string of the molecule is C[C@@H](CC(=O)O)NC(=O)C(C)(C)CNC(=O)OCC1c2ccccc2-c2ccccc21. The van der Waals surface area contributed by atoms with Gasteiger partial charge in [0.05, 0.1) is 11.8 Å². The van der Waals surface area contributed by atoms with E-state index in [2.05, 4.69) is 22.8 Å². The number of benzene rings is 2. The number of fused-ring (bicyclic) bond motifs is 3. The van der Waals surface area contributed by atoms with E-state index in [0.29, 0.717) is 0 Å². The lowest BCUT2D eigenvalue weighted by atomic mass is 9.92. The van der Waals surface area contributed by atoms with Gasteiger partial charge in [-0.05, 0) is 43.0 Å². The van der Waals surface area contributed by atoms with Gasteiger partial charge in [0.1, 0.15) is 6.61 Å². The van der Waals surface area contributed by atoms with Crippen molar-refractivity contribution in [3.8, 4) is 11.1 Å². The summed E-state index contributed by atoms with van der Waals surface area (Å²) in [6, 6.07) is 15.7. The van der Waals surface area contributed by atoms with Crippen LogP contribution in [0, 0.1) is 5.41 Å². The van der Waals surface area contributed by atoms with E-state index in [1.807, 2.05) is 36.4 Å². The number of aliphatic carboxylic acids is 1. The Morgan fingerprint density at radius 1 is 1.03 bits per heavy atom. The maximum atomic E-state index is 12.4. The summed E-state index contributed by atoms with van der Waals surface area (Å²) in [5.74, 6) is -1.35. The van der Waals surface area contributed by atoms with Crippen molar-refractivity contribution < 1.29 is 24.2 Å². The summed E-state index contributed by atoms with van der Waals surface area (Å²) in [7, 11) is 0. The molecule has 0 fully saturated rings. The van der Waals surface area contributed by atoms with Gasteiger partial charge in [0, 0.05) is 18.5 Å². The van der Waals surface area contributed by atoms with E-state index in [9.17, 15) is 14.4 Å². The summed E-state index contributed by atoms with van der Waals surface area (Å²) in [5.41, 5.74) is 3.64. The zero-order valence-corrected chi connectivity index (χ0v) is 18.0. The number of carbonyl (C=O) groups excluding carboxylic acids is 2. The van der Waals surface area contributed by atoms with Crippen molar-refractivity contribution in [1.29, 1.82) is 0 Å². The van der Waals surface area contributed by atoms with Gasteiger partial charge < -0.3 is 20.5 Å². The fourth-order valence-electron chi connectivity index (χ4n) is 3.75. The highest BCUT2D eigenvalue weighted by molar-refractivity contribution is 5.83. The van der Waals surface area contributed by atoms with Gasteiger partial charge in [-0.3, -0.25) is 9.59 Å². The number of alkyl carbamates (subject to hydrolysis) is 1. The molecule has 7 nitrogen and oxygen atoms in total. The predicted octanol–water partition coefficient (Wildman–Crippen LogP) is 3.53. The van der Waals surface area contributed by atoms with Crippen molar-refractivity contribution in [2.45, 2.75) is 39.2 Å². The lowest BCUT2D eigenvalue weighted by molar-refractivity contribution is -0.138. The first-order chi connectivity index (χ1) is 14.7. The van der Waals surface area contributed by atoms with E-state index < -0.39 is 23.5 Å². The van der Waals surface area contributed by atoms with Crippen LogP contribution < -0.4 is 10.6 Å². The zero-order valence-electron chi connectivity index (χ0n) is 18.0. The Kier molecular flexibility index (Phi) is 6.63. The van der Waals surface area contributed by atoms with Crippen LogP contribution >= 0.6 is 0 Å². The topological polar surface area (TPSA) is 105 Å². The van der Waals surface area contributed by atoms with Gasteiger partial charge in [-0.15, -0.1) is 0 Å². The first-order valence-electron chi connectivity index (χ1n) is 10.3. The monoisotopic (exact) mass is 424 g/mol. The van der Waals surface area contributed by atoms with E-state index in [-0.39, 0.29) is 31.4 Å². The highest BCUT2D eigenvalue weighted by Gasteiger charge is 2.31. The van der Waals surface area contributed by atoms with E-state index in [1.54, 1.807) is 20.8 Å². The summed E-state index contributed by atoms with van der Waals surface area (Å²) in [5, 5.41) is 14.1. The van der Waals surface area contributed by atoms with Gasteiger partial charge in [0.2, 0.25) is 5.91 Å². The molecule has 2 aromatic carbocycles. The molecule has 0 saturated carbocycles. The number of carboxylic acid groups (broad SMARTS) is 1. The number of ether oxygens (including phenoxy) is 1. The van der Waals surface area contributed by atoms with Gasteiger partial charge in [-0.2, -0.15) is 0 Å². The molecule has 2 amide bonds. The molecule has 3 N–H and O–H groups in total. The Morgan fingerprint density at radius 2 is 1.58 bits per heavy atom. The highest BCUT2D eigenvalue weighted by Crippen LogP contribution is 2.44. The lowest BCUT2D eigenvalue weighted by Gasteiger charge is -2.26. The molecule has 1 atom stereocenters. The number of hydrogen-bond donors (Lipinski definition) is 3. The minimum Gasteiger partial charge on any atom is -0.481 e. The third-order valence-electron chi connectivity index (χ3n) is 5.49. The van der Waals surface area contributed by atoms with Crippen LogP contribution in [0.5, 0.6) is 0 Å². The number of rotatable bonds is 8. The number of hydrogen-bond acceptors (Lipinski definition) is 4. The second-order valence-corrected chi connectivity index (χ2v) is 8.54. The maximum Gasteiger partial charge on any atom is 0.407 e. The lowest BCUT2D eigenvalue weighted by Crippen LogP contribution is -2.48. The molecular weight excluding hydrogens is 396 g/mol. The van der Waals surface area contributed by atoms with Gasteiger partial charge in [0.15, 0.2) is 0 Å². The van der Waals surface area contributed by atoms with Crippen molar-refractivity contribution in [1.82, 2.24) is 10.6 Å². The minimum atomic E-state index is -0.984. The summed E-state index contributed by atoms with van der Waals surface area (Å²) >= 11 is 0. The molecule has 0 spiro atoms. The Labute approximate surface area is 181 Å². The van der Waals surface area contributed by atoms with Crippen LogP contribution in [0.1, 0.15) is 44.2 Å². The molecule has 0 bridgehead atoms. The zero-order chi connectivity index (χ0) is 22.6. The number of amides is 2. The van der Waals surface area contributed by atoms with E-state index >= 15 is 0 Å². The van der Waals surface area contributed by atoms with E-state index in [0.717, 1.165) is 22.3 Å². The third kappa shape index (κ3) is 5.23. The molecule has 3 rings (SSSR count). The van der Waals surface area contributed by atoms with Crippen molar-refractivity contribution in [2.24, 2.45) is 5.41 Å². The van der Waals surface area contributed by atoms with Gasteiger partial charge >= 0.3 is 12.1 Å². The van der Waals surface area contributed by atoms with Crippen LogP contribution in [-0.4, -0.2) is 42.3 Å². The minimum absolute atomic E-state index is 0.0358. The Balaban J connectivity index is 1.55. The van der Waals surface area contributed by atoms with Crippen LogP contribution in [0.4, 0.5) is 4.79 Å². The summed E-state index contributed by atoms with van der Waals surface area (Å²) in [6.45, 7) is 5.25. The van der Waals surface area contributed by atoms with Crippen molar-refractivity contribution in [3.63, 3.8) is 0 Å². The molecule has 0 aliphatic heterocycles. The largest absolute Gasteiger partial charge is 0.481 e. The molecule has 2 aromatic rings. The predicted molar refractivity (Wildman–Crippen MR) is 117 cm³/mol. The molecule has 0 aromatic heterocycles. The second kappa shape index (κ2) is 9.20. The van der Waals surface area contributed by atoms with Crippen LogP contribution in [0.15, 0.2) is 48.5 Å². The van der Waals surface area contributed by atoms with Crippen LogP contribution in [-0.2, 0) is 14.3 Å².